The van der Waals surface area contributed by atoms with E-state index in [1.54, 1.807) is 26.0 Å². The SMILES string of the molecule is Cc1noc(-c2ccc(-c3ccc(C4(C(=O)O)CCOCC4)cc3)cc2)c1NC(=O)OC(C)c1ccccc1Cl. The number of rotatable bonds is 7. The van der Waals surface area contributed by atoms with Crippen molar-refractivity contribution in [1.82, 2.24) is 5.16 Å². The van der Waals surface area contributed by atoms with Crippen LogP contribution in [0.5, 0.6) is 0 Å². The highest BCUT2D eigenvalue weighted by molar-refractivity contribution is 6.31. The van der Waals surface area contributed by atoms with Crippen LogP contribution in [-0.2, 0) is 19.7 Å². The number of halogens is 1. The first kappa shape index (κ1) is 27.4. The number of carbonyl (C=O) groups is 2. The summed E-state index contributed by atoms with van der Waals surface area (Å²) in [7, 11) is 0. The van der Waals surface area contributed by atoms with Gasteiger partial charge in [0.05, 0.1) is 5.41 Å². The Bertz CT molecular complexity index is 1510. The summed E-state index contributed by atoms with van der Waals surface area (Å²) in [4.78, 5) is 24.8. The number of aliphatic carboxylic acids is 1. The van der Waals surface area contributed by atoms with Gasteiger partial charge >= 0.3 is 12.1 Å². The van der Waals surface area contributed by atoms with Crippen LogP contribution in [0.3, 0.4) is 0 Å². The zero-order valence-electron chi connectivity index (χ0n) is 22.1. The molecule has 1 fully saturated rings. The molecule has 5 rings (SSSR count). The van der Waals surface area contributed by atoms with Gasteiger partial charge in [-0.05, 0) is 49.4 Å². The van der Waals surface area contributed by atoms with Gasteiger partial charge in [-0.15, -0.1) is 0 Å². The third-order valence-electron chi connectivity index (χ3n) is 7.39. The van der Waals surface area contributed by atoms with Gasteiger partial charge in [-0.1, -0.05) is 83.5 Å². The quantitative estimate of drug-likeness (QED) is 0.242. The Morgan fingerprint density at radius 3 is 2.20 bits per heavy atom. The number of hydrogen-bond acceptors (Lipinski definition) is 6. The van der Waals surface area contributed by atoms with Crippen LogP contribution in [-0.4, -0.2) is 35.5 Å². The van der Waals surface area contributed by atoms with E-state index in [1.807, 2.05) is 60.7 Å². The predicted molar refractivity (Wildman–Crippen MR) is 151 cm³/mol. The standard InChI is InChI=1S/C31H29ClN2O6/c1-19-27(33-30(37)39-20(2)25-5-3-4-6-26(25)32)28(40-34-19)23-9-7-21(8-10-23)22-11-13-24(14-12-22)31(29(35)36)15-17-38-18-16-31/h3-14,20H,15-18H2,1-2H3,(H,33,37)(H,35,36). The Labute approximate surface area is 236 Å². The minimum absolute atomic E-state index is 0.407. The molecule has 2 heterocycles. The van der Waals surface area contributed by atoms with E-state index in [9.17, 15) is 14.7 Å². The number of benzene rings is 3. The van der Waals surface area contributed by atoms with E-state index in [2.05, 4.69) is 10.5 Å². The van der Waals surface area contributed by atoms with E-state index in [0.29, 0.717) is 53.8 Å². The van der Waals surface area contributed by atoms with Crippen molar-refractivity contribution >= 4 is 29.4 Å². The lowest BCUT2D eigenvalue weighted by Gasteiger charge is -2.33. The number of ether oxygens (including phenoxy) is 2. The van der Waals surface area contributed by atoms with E-state index < -0.39 is 23.6 Å². The summed E-state index contributed by atoms with van der Waals surface area (Å²) in [6.45, 7) is 4.36. The monoisotopic (exact) mass is 560 g/mol. The highest BCUT2D eigenvalue weighted by Gasteiger charge is 2.41. The number of aromatic nitrogens is 1. The summed E-state index contributed by atoms with van der Waals surface area (Å²) < 4.78 is 16.5. The average Bonchev–Trinajstić information content (AvgIpc) is 3.33. The van der Waals surface area contributed by atoms with Crippen molar-refractivity contribution in [1.29, 1.82) is 0 Å². The maximum Gasteiger partial charge on any atom is 0.412 e. The van der Waals surface area contributed by atoms with Crippen molar-refractivity contribution in [2.75, 3.05) is 18.5 Å². The first-order valence-corrected chi connectivity index (χ1v) is 13.4. The zero-order valence-corrected chi connectivity index (χ0v) is 22.9. The third-order valence-corrected chi connectivity index (χ3v) is 7.73. The van der Waals surface area contributed by atoms with Crippen LogP contribution in [0.15, 0.2) is 77.3 Å². The first-order chi connectivity index (χ1) is 19.3. The lowest BCUT2D eigenvalue weighted by Crippen LogP contribution is -2.41. The fraction of sp³-hybridized carbons (Fsp3) is 0.258. The lowest BCUT2D eigenvalue weighted by atomic mass is 9.74. The minimum atomic E-state index is -0.916. The second-order valence-corrected chi connectivity index (χ2v) is 10.2. The van der Waals surface area contributed by atoms with E-state index in [0.717, 1.165) is 22.3 Å². The summed E-state index contributed by atoms with van der Waals surface area (Å²) in [6, 6.07) is 22.5. The predicted octanol–water partition coefficient (Wildman–Crippen LogP) is 7.41. The Hall–Kier alpha value is -4.14. The molecule has 40 heavy (non-hydrogen) atoms. The molecule has 1 atom stereocenters. The van der Waals surface area contributed by atoms with Crippen molar-refractivity contribution < 1.29 is 28.7 Å². The molecule has 206 valence electrons. The molecule has 8 nitrogen and oxygen atoms in total. The minimum Gasteiger partial charge on any atom is -0.481 e. The van der Waals surface area contributed by atoms with Gasteiger partial charge in [-0.3, -0.25) is 10.1 Å². The van der Waals surface area contributed by atoms with Crippen LogP contribution < -0.4 is 5.32 Å². The number of aryl methyl sites for hydroxylation is 1. The maximum absolute atomic E-state index is 12.7. The molecule has 2 N–H and O–H groups in total. The van der Waals surface area contributed by atoms with Crippen LogP contribution in [0.2, 0.25) is 5.02 Å². The topological polar surface area (TPSA) is 111 Å². The van der Waals surface area contributed by atoms with Gasteiger partial charge in [-0.25, -0.2) is 4.79 Å². The molecule has 4 aromatic rings. The van der Waals surface area contributed by atoms with Crippen molar-refractivity contribution in [3.63, 3.8) is 0 Å². The van der Waals surface area contributed by atoms with Gasteiger partial charge in [0.25, 0.3) is 0 Å². The highest BCUT2D eigenvalue weighted by Crippen LogP contribution is 2.37. The molecule has 1 saturated heterocycles. The van der Waals surface area contributed by atoms with Crippen LogP contribution in [0.1, 0.15) is 42.7 Å². The molecule has 0 bridgehead atoms. The van der Waals surface area contributed by atoms with Crippen molar-refractivity contribution in [2.45, 2.75) is 38.2 Å². The number of hydrogen-bond donors (Lipinski definition) is 2. The third kappa shape index (κ3) is 5.46. The van der Waals surface area contributed by atoms with E-state index in [1.165, 1.54) is 0 Å². The number of carbonyl (C=O) groups excluding carboxylic acids is 1. The molecule has 1 amide bonds. The Kier molecular flexibility index (Phi) is 7.91. The smallest absolute Gasteiger partial charge is 0.412 e. The van der Waals surface area contributed by atoms with Gasteiger partial charge in [-0.2, -0.15) is 0 Å². The maximum atomic E-state index is 12.7. The molecule has 1 aliphatic rings. The van der Waals surface area contributed by atoms with Crippen LogP contribution in [0, 0.1) is 6.92 Å². The molecular formula is C31H29ClN2O6. The number of anilines is 1. The normalized spacial score (nSPS) is 15.3. The molecular weight excluding hydrogens is 532 g/mol. The number of nitrogens with zero attached hydrogens (tertiary/aromatic N) is 1. The number of nitrogens with one attached hydrogen (secondary N) is 1. The van der Waals surface area contributed by atoms with Gasteiger partial charge in [0, 0.05) is 29.4 Å². The molecule has 0 spiro atoms. The fourth-order valence-electron chi connectivity index (χ4n) is 5.02. The van der Waals surface area contributed by atoms with Crippen molar-refractivity contribution in [2.24, 2.45) is 0 Å². The summed E-state index contributed by atoms with van der Waals surface area (Å²) in [5.41, 5.74) is 4.13. The van der Waals surface area contributed by atoms with Crippen LogP contribution >= 0.6 is 11.6 Å². The van der Waals surface area contributed by atoms with E-state index in [4.69, 9.17) is 25.6 Å². The van der Waals surface area contributed by atoms with Gasteiger partial charge < -0.3 is 19.1 Å². The number of carboxylic acid groups (broad SMARTS) is 1. The molecule has 1 aliphatic heterocycles. The van der Waals surface area contributed by atoms with E-state index in [-0.39, 0.29) is 0 Å². The molecule has 9 heteroatoms. The van der Waals surface area contributed by atoms with Gasteiger partial charge in [0.1, 0.15) is 17.5 Å². The fourth-order valence-corrected chi connectivity index (χ4v) is 5.31. The van der Waals surface area contributed by atoms with E-state index >= 15 is 0 Å². The second-order valence-electron chi connectivity index (χ2n) is 9.82. The molecule has 1 unspecified atom stereocenters. The van der Waals surface area contributed by atoms with Crippen molar-refractivity contribution in [3.8, 4) is 22.5 Å². The molecule has 0 aliphatic carbocycles. The number of carboxylic acids is 1. The van der Waals surface area contributed by atoms with Gasteiger partial charge in [0.2, 0.25) is 0 Å². The molecule has 0 saturated carbocycles. The van der Waals surface area contributed by atoms with Crippen LogP contribution in [0.25, 0.3) is 22.5 Å². The second kappa shape index (κ2) is 11.5. The molecule has 0 radical (unpaired) electrons. The average molecular weight is 561 g/mol. The Balaban J connectivity index is 1.31. The summed E-state index contributed by atoms with van der Waals surface area (Å²) in [5.74, 6) is -0.411. The largest absolute Gasteiger partial charge is 0.481 e. The molecule has 1 aromatic heterocycles. The Morgan fingerprint density at radius 2 is 1.57 bits per heavy atom. The highest BCUT2D eigenvalue weighted by atomic mass is 35.5. The summed E-state index contributed by atoms with van der Waals surface area (Å²) in [6.07, 6.45) is -0.300. The summed E-state index contributed by atoms with van der Waals surface area (Å²) >= 11 is 6.23. The van der Waals surface area contributed by atoms with Gasteiger partial charge in [0.15, 0.2) is 5.76 Å². The Morgan fingerprint density at radius 1 is 0.975 bits per heavy atom. The first-order valence-electron chi connectivity index (χ1n) is 13.0. The van der Waals surface area contributed by atoms with Crippen LogP contribution in [0.4, 0.5) is 10.5 Å². The molecule has 3 aromatic carbocycles. The zero-order chi connectivity index (χ0) is 28.3. The van der Waals surface area contributed by atoms with Crippen molar-refractivity contribution in [3.05, 3.63) is 94.6 Å². The lowest BCUT2D eigenvalue weighted by molar-refractivity contribution is -0.147. The summed E-state index contributed by atoms with van der Waals surface area (Å²) in [5, 5.41) is 17.2. The number of amides is 1.